The maximum absolute atomic E-state index is 14.7. The summed E-state index contributed by atoms with van der Waals surface area (Å²) in [6.45, 7) is 5.69. The third-order valence-electron chi connectivity index (χ3n) is 4.79. The summed E-state index contributed by atoms with van der Waals surface area (Å²) >= 11 is 0. The molecule has 10 heteroatoms. The summed E-state index contributed by atoms with van der Waals surface area (Å²) in [7, 11) is 0. The fourth-order valence-corrected chi connectivity index (χ4v) is 3.25. The Bertz CT molecular complexity index is 1360. The second-order valence-electron chi connectivity index (χ2n) is 7.60. The lowest BCUT2D eigenvalue weighted by molar-refractivity contribution is 0.102. The van der Waals surface area contributed by atoms with Crippen molar-refractivity contribution in [3.05, 3.63) is 81.9 Å². The number of halogens is 1. The molecule has 0 unspecified atom stereocenters. The molecule has 0 saturated carbocycles. The zero-order valence-corrected chi connectivity index (χ0v) is 17.6. The van der Waals surface area contributed by atoms with Gasteiger partial charge >= 0.3 is 5.69 Å². The van der Waals surface area contributed by atoms with Crippen LogP contribution in [0.5, 0.6) is 0 Å². The molecule has 2 aromatic carbocycles. The number of tetrazole rings is 1. The number of nitrogens with zero attached hydrogens (tertiary/aromatic N) is 5. The van der Waals surface area contributed by atoms with E-state index in [9.17, 15) is 14.0 Å². The molecule has 0 aliphatic carbocycles. The molecule has 0 fully saturated rings. The van der Waals surface area contributed by atoms with Gasteiger partial charge in [0.15, 0.2) is 5.82 Å². The van der Waals surface area contributed by atoms with Crippen molar-refractivity contribution in [2.24, 2.45) is 0 Å². The number of aromatic nitrogens is 6. The Hall–Kier alpha value is -4.21. The van der Waals surface area contributed by atoms with Crippen LogP contribution in [0.4, 0.5) is 10.2 Å². The highest BCUT2D eigenvalue weighted by molar-refractivity contribution is 6.05. The molecule has 0 bridgehead atoms. The fourth-order valence-electron chi connectivity index (χ4n) is 3.25. The van der Waals surface area contributed by atoms with Gasteiger partial charge in [-0.1, -0.05) is 26.0 Å². The smallest absolute Gasteiger partial charge is 0.308 e. The predicted octanol–water partition coefficient (Wildman–Crippen LogP) is 3.24. The minimum Gasteiger partial charge on any atom is -0.308 e. The van der Waals surface area contributed by atoms with Crippen LogP contribution < -0.4 is 11.0 Å². The number of hydrogen-bond acceptors (Lipinski definition) is 6. The van der Waals surface area contributed by atoms with Crippen LogP contribution in [0.3, 0.4) is 0 Å². The minimum absolute atomic E-state index is 0.0175. The molecule has 0 spiro atoms. The molecule has 2 aromatic heterocycles. The van der Waals surface area contributed by atoms with Crippen LogP contribution in [0, 0.1) is 12.7 Å². The van der Waals surface area contributed by atoms with Crippen LogP contribution in [-0.2, 0) is 0 Å². The number of anilines is 1. The molecule has 0 aliphatic heterocycles. The summed E-state index contributed by atoms with van der Waals surface area (Å²) in [5.41, 5.74) is 1.75. The predicted molar refractivity (Wildman–Crippen MR) is 116 cm³/mol. The standard InChI is InChI=1S/C22H20FN7O2/c1-12(2)20-27-28-29-30(20)16-10-14(17-5-4-13(3)8-18(17)23)9-15(11-16)21(31)25-19-6-7-24-22(32)26-19/h4-12H,1-3H3,(H2,24,25,26,31,32). The number of aromatic amines is 1. The first-order valence-corrected chi connectivity index (χ1v) is 9.89. The molecule has 0 atom stereocenters. The molecule has 0 radical (unpaired) electrons. The summed E-state index contributed by atoms with van der Waals surface area (Å²) in [6, 6.07) is 11.2. The number of hydrogen-bond donors (Lipinski definition) is 2. The van der Waals surface area contributed by atoms with E-state index in [-0.39, 0.29) is 17.3 Å². The van der Waals surface area contributed by atoms with Gasteiger partial charge in [0.25, 0.3) is 5.91 Å². The SMILES string of the molecule is Cc1ccc(-c2cc(C(=O)Nc3ccnc(=O)[nH]3)cc(-n3nnnc3C(C)C)c2)c(F)c1. The molecule has 0 aliphatic rings. The Labute approximate surface area is 182 Å². The van der Waals surface area contributed by atoms with Crippen molar-refractivity contribution in [3.8, 4) is 16.8 Å². The van der Waals surface area contributed by atoms with Gasteiger partial charge in [-0.3, -0.25) is 9.78 Å². The summed E-state index contributed by atoms with van der Waals surface area (Å²) in [6.07, 6.45) is 1.29. The van der Waals surface area contributed by atoms with Gasteiger partial charge < -0.3 is 5.32 Å². The first kappa shape index (κ1) is 21.0. The highest BCUT2D eigenvalue weighted by atomic mass is 19.1. The second kappa shape index (κ2) is 8.50. The molecule has 2 heterocycles. The monoisotopic (exact) mass is 433 g/mol. The number of aryl methyl sites for hydroxylation is 1. The minimum atomic E-state index is -0.589. The van der Waals surface area contributed by atoms with Crippen LogP contribution in [0.15, 0.2) is 53.5 Å². The Morgan fingerprint density at radius 3 is 2.69 bits per heavy atom. The number of amides is 1. The Morgan fingerprint density at radius 2 is 1.97 bits per heavy atom. The van der Waals surface area contributed by atoms with E-state index in [1.54, 1.807) is 37.3 Å². The summed E-state index contributed by atoms with van der Waals surface area (Å²) in [5.74, 6) is -0.108. The van der Waals surface area contributed by atoms with E-state index >= 15 is 0 Å². The van der Waals surface area contributed by atoms with Crippen LogP contribution in [0.2, 0.25) is 0 Å². The van der Waals surface area contributed by atoms with Crippen LogP contribution >= 0.6 is 0 Å². The summed E-state index contributed by atoms with van der Waals surface area (Å²) in [5, 5.41) is 14.5. The molecule has 2 N–H and O–H groups in total. The summed E-state index contributed by atoms with van der Waals surface area (Å²) < 4.78 is 16.3. The van der Waals surface area contributed by atoms with E-state index in [0.717, 1.165) is 5.56 Å². The van der Waals surface area contributed by atoms with Gasteiger partial charge in [-0.05, 0) is 58.8 Å². The van der Waals surface area contributed by atoms with E-state index in [1.807, 2.05) is 13.8 Å². The van der Waals surface area contributed by atoms with Gasteiger partial charge in [-0.25, -0.2) is 14.2 Å². The molecule has 1 amide bonds. The Balaban J connectivity index is 1.84. The van der Waals surface area contributed by atoms with Crippen molar-refractivity contribution in [3.63, 3.8) is 0 Å². The van der Waals surface area contributed by atoms with E-state index in [0.29, 0.717) is 22.6 Å². The second-order valence-corrected chi connectivity index (χ2v) is 7.60. The number of H-pyrrole nitrogens is 1. The quantitative estimate of drug-likeness (QED) is 0.499. The van der Waals surface area contributed by atoms with Gasteiger partial charge in [0, 0.05) is 23.2 Å². The molecular weight excluding hydrogens is 413 g/mol. The van der Waals surface area contributed by atoms with Crippen molar-refractivity contribution in [2.45, 2.75) is 26.7 Å². The fraction of sp³-hybridized carbons (Fsp3) is 0.182. The van der Waals surface area contributed by atoms with Crippen molar-refractivity contribution in [1.82, 2.24) is 30.2 Å². The van der Waals surface area contributed by atoms with Crippen molar-refractivity contribution < 1.29 is 9.18 Å². The lowest BCUT2D eigenvalue weighted by Crippen LogP contribution is -2.18. The first-order chi connectivity index (χ1) is 15.3. The maximum Gasteiger partial charge on any atom is 0.346 e. The summed E-state index contributed by atoms with van der Waals surface area (Å²) in [4.78, 5) is 30.4. The number of rotatable bonds is 5. The lowest BCUT2D eigenvalue weighted by Gasteiger charge is -2.13. The zero-order chi connectivity index (χ0) is 22.8. The lowest BCUT2D eigenvalue weighted by atomic mass is 9.99. The molecular formula is C22H20FN7O2. The van der Waals surface area contributed by atoms with Crippen LogP contribution in [0.25, 0.3) is 16.8 Å². The van der Waals surface area contributed by atoms with E-state index in [4.69, 9.17) is 0 Å². The van der Waals surface area contributed by atoms with E-state index < -0.39 is 17.4 Å². The maximum atomic E-state index is 14.7. The third kappa shape index (κ3) is 4.29. The average Bonchev–Trinajstić information content (AvgIpc) is 3.24. The van der Waals surface area contributed by atoms with Gasteiger partial charge in [-0.15, -0.1) is 5.10 Å². The topological polar surface area (TPSA) is 118 Å². The van der Waals surface area contributed by atoms with Crippen molar-refractivity contribution >= 4 is 11.7 Å². The highest BCUT2D eigenvalue weighted by Crippen LogP contribution is 2.28. The van der Waals surface area contributed by atoms with E-state index in [2.05, 4.69) is 30.8 Å². The molecule has 162 valence electrons. The van der Waals surface area contributed by atoms with Crippen LogP contribution in [-0.4, -0.2) is 36.1 Å². The highest BCUT2D eigenvalue weighted by Gasteiger charge is 2.17. The average molecular weight is 433 g/mol. The van der Waals surface area contributed by atoms with Gasteiger partial charge in [0.05, 0.1) is 5.69 Å². The molecule has 4 rings (SSSR count). The molecule has 32 heavy (non-hydrogen) atoms. The van der Waals surface area contributed by atoms with Gasteiger partial charge in [0.2, 0.25) is 0 Å². The number of carbonyl (C=O) groups is 1. The number of benzene rings is 2. The Morgan fingerprint density at radius 1 is 1.16 bits per heavy atom. The molecule has 0 saturated heterocycles. The molecule has 9 nitrogen and oxygen atoms in total. The third-order valence-corrected chi connectivity index (χ3v) is 4.79. The first-order valence-electron chi connectivity index (χ1n) is 9.89. The largest absolute Gasteiger partial charge is 0.346 e. The number of carbonyl (C=O) groups excluding carboxylic acids is 1. The Kier molecular flexibility index (Phi) is 5.59. The van der Waals surface area contributed by atoms with Crippen molar-refractivity contribution in [2.75, 3.05) is 5.32 Å². The van der Waals surface area contributed by atoms with Crippen molar-refractivity contribution in [1.29, 1.82) is 0 Å². The zero-order valence-electron chi connectivity index (χ0n) is 17.6. The number of nitrogens with one attached hydrogen (secondary N) is 2. The normalized spacial score (nSPS) is 11.0. The molecule has 4 aromatic rings. The van der Waals surface area contributed by atoms with Crippen LogP contribution in [0.1, 0.15) is 41.5 Å². The van der Waals surface area contributed by atoms with E-state index in [1.165, 1.54) is 23.0 Å². The van der Waals surface area contributed by atoms with Gasteiger partial charge in [-0.2, -0.15) is 4.68 Å². The van der Waals surface area contributed by atoms with Gasteiger partial charge in [0.1, 0.15) is 11.6 Å².